The third kappa shape index (κ3) is 6.74. The molecule has 2 heteroatoms. The average Bonchev–Trinajstić information content (AvgIpc) is 2.43. The predicted molar refractivity (Wildman–Crippen MR) is 84.7 cm³/mol. The number of benzene rings is 1. The summed E-state index contributed by atoms with van der Waals surface area (Å²) in [5, 5.41) is 6.98. The molecule has 1 aromatic rings. The minimum absolute atomic E-state index is 0.259. The summed E-state index contributed by atoms with van der Waals surface area (Å²) >= 11 is 0. The molecular formula is C17H30N2. The van der Waals surface area contributed by atoms with Gasteiger partial charge in [0, 0.05) is 0 Å². The Morgan fingerprint density at radius 3 is 2.16 bits per heavy atom. The zero-order chi connectivity index (χ0) is 14.0. The Morgan fingerprint density at radius 2 is 1.53 bits per heavy atom. The zero-order valence-electron chi connectivity index (χ0n) is 12.8. The first-order valence-corrected chi connectivity index (χ1v) is 7.64. The fourth-order valence-corrected chi connectivity index (χ4v) is 2.20. The zero-order valence-corrected chi connectivity index (χ0v) is 12.8. The molecule has 0 aliphatic rings. The second-order valence-corrected chi connectivity index (χ2v) is 5.85. The van der Waals surface area contributed by atoms with Crippen LogP contribution in [0.2, 0.25) is 0 Å². The van der Waals surface area contributed by atoms with Crippen molar-refractivity contribution in [2.75, 3.05) is 26.2 Å². The van der Waals surface area contributed by atoms with E-state index in [2.05, 4.69) is 61.7 Å². The summed E-state index contributed by atoms with van der Waals surface area (Å²) in [6, 6.07) is 10.8. The summed E-state index contributed by atoms with van der Waals surface area (Å²) in [5.41, 5.74) is 1.69. The number of nitrogens with one attached hydrogen (secondary N) is 2. The normalized spacial score (nSPS) is 11.7. The van der Waals surface area contributed by atoms with Gasteiger partial charge in [0.1, 0.15) is 0 Å². The molecule has 2 nitrogen and oxygen atoms in total. The van der Waals surface area contributed by atoms with Crippen LogP contribution in [-0.2, 0) is 5.41 Å². The molecule has 0 saturated carbocycles. The maximum absolute atomic E-state index is 3.55. The smallest absolute Gasteiger partial charge is 0.00368 e. The molecule has 0 aliphatic carbocycles. The van der Waals surface area contributed by atoms with Gasteiger partial charge < -0.3 is 10.6 Å². The molecule has 0 radical (unpaired) electrons. The van der Waals surface area contributed by atoms with Gasteiger partial charge >= 0.3 is 0 Å². The minimum atomic E-state index is 0.259. The first-order chi connectivity index (χ1) is 9.17. The lowest BCUT2D eigenvalue weighted by Crippen LogP contribution is -2.27. The highest BCUT2D eigenvalue weighted by atomic mass is 14.9. The highest BCUT2D eigenvalue weighted by Gasteiger charge is 2.19. The van der Waals surface area contributed by atoms with Crippen molar-refractivity contribution in [3.05, 3.63) is 35.9 Å². The lowest BCUT2D eigenvalue weighted by molar-refractivity contribution is 0.454. The topological polar surface area (TPSA) is 24.1 Å². The van der Waals surface area contributed by atoms with Crippen molar-refractivity contribution in [2.45, 2.75) is 45.4 Å². The van der Waals surface area contributed by atoms with E-state index < -0.39 is 0 Å². The van der Waals surface area contributed by atoms with Crippen LogP contribution in [0.4, 0.5) is 0 Å². The summed E-state index contributed by atoms with van der Waals surface area (Å²) in [7, 11) is 0. The molecule has 0 atom stereocenters. The average molecular weight is 262 g/mol. The molecule has 0 aromatic heterocycles. The third-order valence-electron chi connectivity index (χ3n) is 3.62. The van der Waals surface area contributed by atoms with Gasteiger partial charge in [0.15, 0.2) is 0 Å². The molecule has 0 bridgehead atoms. The van der Waals surface area contributed by atoms with Crippen LogP contribution >= 0.6 is 0 Å². The number of hydrogen-bond donors (Lipinski definition) is 2. The van der Waals surface area contributed by atoms with Gasteiger partial charge in [-0.1, -0.05) is 51.1 Å². The predicted octanol–water partition coefficient (Wildman–Crippen LogP) is 3.33. The van der Waals surface area contributed by atoms with E-state index in [0.29, 0.717) is 0 Å². The van der Waals surface area contributed by atoms with Crippen molar-refractivity contribution in [1.82, 2.24) is 10.6 Å². The highest BCUT2D eigenvalue weighted by Crippen LogP contribution is 2.25. The summed E-state index contributed by atoms with van der Waals surface area (Å²) in [6.07, 6.45) is 3.61. The van der Waals surface area contributed by atoms with Crippen LogP contribution < -0.4 is 10.6 Å². The fourth-order valence-electron chi connectivity index (χ4n) is 2.20. The Bertz CT molecular complexity index is 319. The quantitative estimate of drug-likeness (QED) is 0.632. The molecule has 1 rings (SSSR count). The van der Waals surface area contributed by atoms with E-state index in [0.717, 1.165) is 26.2 Å². The van der Waals surface area contributed by atoms with E-state index in [9.17, 15) is 0 Å². The number of hydrogen-bond acceptors (Lipinski definition) is 2. The molecule has 19 heavy (non-hydrogen) atoms. The van der Waals surface area contributed by atoms with Gasteiger partial charge in [-0.15, -0.1) is 0 Å². The van der Waals surface area contributed by atoms with E-state index in [1.54, 1.807) is 0 Å². The monoisotopic (exact) mass is 262 g/mol. The van der Waals surface area contributed by atoms with Crippen molar-refractivity contribution in [1.29, 1.82) is 0 Å². The maximum atomic E-state index is 3.55. The second kappa shape index (κ2) is 9.11. The molecule has 2 N–H and O–H groups in total. The van der Waals surface area contributed by atoms with E-state index >= 15 is 0 Å². The Balaban J connectivity index is 2.12. The highest BCUT2D eigenvalue weighted by molar-refractivity contribution is 5.23. The summed E-state index contributed by atoms with van der Waals surface area (Å²) in [4.78, 5) is 0. The first-order valence-electron chi connectivity index (χ1n) is 7.64. The minimum Gasteiger partial charge on any atom is -0.317 e. The Hall–Kier alpha value is -0.860. The van der Waals surface area contributed by atoms with Crippen molar-refractivity contribution in [2.24, 2.45) is 0 Å². The van der Waals surface area contributed by atoms with Crippen LogP contribution in [0.3, 0.4) is 0 Å². The molecule has 0 amide bonds. The fraction of sp³-hybridized carbons (Fsp3) is 0.647. The standard InChI is InChI=1S/C17H30N2/c1-4-12-18-13-8-14-19-15-11-17(2,3)16-9-6-5-7-10-16/h5-7,9-10,18-19H,4,8,11-15H2,1-3H3. The van der Waals surface area contributed by atoms with Crippen LogP contribution in [-0.4, -0.2) is 26.2 Å². The first kappa shape index (κ1) is 16.2. The van der Waals surface area contributed by atoms with Gasteiger partial charge in [0.2, 0.25) is 0 Å². The molecule has 108 valence electrons. The number of rotatable bonds is 10. The van der Waals surface area contributed by atoms with E-state index in [1.807, 2.05) is 0 Å². The van der Waals surface area contributed by atoms with E-state index in [4.69, 9.17) is 0 Å². The molecule has 0 heterocycles. The molecule has 0 saturated heterocycles. The lowest BCUT2D eigenvalue weighted by atomic mass is 9.81. The van der Waals surface area contributed by atoms with Gasteiger partial charge in [0.25, 0.3) is 0 Å². The maximum Gasteiger partial charge on any atom is -0.00368 e. The summed E-state index contributed by atoms with van der Waals surface area (Å²) in [5.74, 6) is 0. The molecule has 0 aliphatic heterocycles. The van der Waals surface area contributed by atoms with Gasteiger partial charge in [-0.2, -0.15) is 0 Å². The Morgan fingerprint density at radius 1 is 0.895 bits per heavy atom. The van der Waals surface area contributed by atoms with E-state index in [-0.39, 0.29) is 5.41 Å². The molecule has 0 fully saturated rings. The van der Waals surface area contributed by atoms with Gasteiger partial charge in [-0.25, -0.2) is 0 Å². The van der Waals surface area contributed by atoms with Crippen LogP contribution in [0.15, 0.2) is 30.3 Å². The third-order valence-corrected chi connectivity index (χ3v) is 3.62. The second-order valence-electron chi connectivity index (χ2n) is 5.85. The van der Waals surface area contributed by atoms with Crippen LogP contribution in [0.1, 0.15) is 45.6 Å². The largest absolute Gasteiger partial charge is 0.317 e. The Kier molecular flexibility index (Phi) is 7.76. The molecule has 0 spiro atoms. The molecular weight excluding hydrogens is 232 g/mol. The Labute approximate surface area is 119 Å². The van der Waals surface area contributed by atoms with Gasteiger partial charge in [0.05, 0.1) is 0 Å². The van der Waals surface area contributed by atoms with Crippen LogP contribution in [0.25, 0.3) is 0 Å². The van der Waals surface area contributed by atoms with Gasteiger partial charge in [-0.05, 0) is 56.4 Å². The van der Waals surface area contributed by atoms with Crippen molar-refractivity contribution < 1.29 is 0 Å². The van der Waals surface area contributed by atoms with Crippen LogP contribution in [0.5, 0.6) is 0 Å². The summed E-state index contributed by atoms with van der Waals surface area (Å²) in [6.45, 7) is 11.3. The van der Waals surface area contributed by atoms with Crippen molar-refractivity contribution in [3.63, 3.8) is 0 Å². The van der Waals surface area contributed by atoms with Crippen molar-refractivity contribution >= 4 is 0 Å². The van der Waals surface area contributed by atoms with Gasteiger partial charge in [-0.3, -0.25) is 0 Å². The summed E-state index contributed by atoms with van der Waals surface area (Å²) < 4.78 is 0. The van der Waals surface area contributed by atoms with Crippen LogP contribution in [0, 0.1) is 0 Å². The van der Waals surface area contributed by atoms with Crippen molar-refractivity contribution in [3.8, 4) is 0 Å². The molecule has 0 unspecified atom stereocenters. The molecule has 1 aromatic carbocycles. The lowest BCUT2D eigenvalue weighted by Gasteiger charge is -2.25. The van der Waals surface area contributed by atoms with E-state index in [1.165, 1.54) is 24.8 Å². The SMILES string of the molecule is CCCNCCCNCCC(C)(C)c1ccccc1.